The van der Waals surface area contributed by atoms with Crippen molar-refractivity contribution < 1.29 is 9.72 Å². The molecule has 3 N–H and O–H groups in total. The van der Waals surface area contributed by atoms with Crippen LogP contribution in [-0.2, 0) is 4.79 Å². The summed E-state index contributed by atoms with van der Waals surface area (Å²) in [6, 6.07) is 0.134. The highest BCUT2D eigenvalue weighted by Gasteiger charge is 2.22. The molecule has 17 heavy (non-hydrogen) atoms. The highest BCUT2D eigenvalue weighted by Crippen LogP contribution is 2.16. The smallest absolute Gasteiger partial charge is 0.296 e. The zero-order valence-corrected chi connectivity index (χ0v) is 10.3. The van der Waals surface area contributed by atoms with E-state index in [-0.39, 0.29) is 0 Å². The number of hydrogen-bond acceptors (Lipinski definition) is 5. The first-order valence-corrected chi connectivity index (χ1v) is 5.24. The van der Waals surface area contributed by atoms with Gasteiger partial charge < -0.3 is 0 Å². The maximum atomic E-state index is 11.7. The van der Waals surface area contributed by atoms with Crippen LogP contribution in [0.4, 0.5) is 5.69 Å². The summed E-state index contributed by atoms with van der Waals surface area (Å²) in [5, 5.41) is 10.6. The van der Waals surface area contributed by atoms with Crippen LogP contribution >= 0.6 is 15.9 Å². The molecule has 1 atom stereocenters. The first-order valence-electron chi connectivity index (χ1n) is 4.45. The molecule has 1 aromatic heterocycles. The molecular weight excluding hydrogens is 296 g/mol. The molecule has 0 bridgehead atoms. The lowest BCUT2D eigenvalue weighted by Crippen LogP contribution is -2.39. The molecule has 0 aliphatic carbocycles. The normalized spacial score (nSPS) is 11.9. The summed E-state index contributed by atoms with van der Waals surface area (Å²) in [4.78, 5) is 32.8. The first-order chi connectivity index (χ1) is 7.88. The average molecular weight is 305 g/mol. The minimum atomic E-state index is -0.941. The number of hydrogen-bond donors (Lipinski definition) is 2. The Labute approximate surface area is 104 Å². The van der Waals surface area contributed by atoms with E-state index >= 15 is 0 Å². The molecule has 0 spiro atoms. The molecule has 0 aliphatic heterocycles. The van der Waals surface area contributed by atoms with Crippen LogP contribution in [0.1, 0.15) is 13.0 Å². The van der Waals surface area contributed by atoms with Gasteiger partial charge in [0.05, 0.1) is 4.92 Å². The van der Waals surface area contributed by atoms with Crippen LogP contribution in [0.2, 0.25) is 0 Å². The molecule has 1 amide bonds. The van der Waals surface area contributed by atoms with E-state index in [9.17, 15) is 19.7 Å². The molecule has 8 nitrogen and oxygen atoms in total. The van der Waals surface area contributed by atoms with Gasteiger partial charge in [0.15, 0.2) is 0 Å². The molecule has 1 rings (SSSR count). The summed E-state index contributed by atoms with van der Waals surface area (Å²) < 4.78 is 1.25. The molecular formula is C8H9BrN4O4. The molecule has 0 aromatic carbocycles. The monoisotopic (exact) mass is 304 g/mol. The predicted octanol–water partition coefficient (Wildman–Crippen LogP) is 0.0699. The van der Waals surface area contributed by atoms with Gasteiger partial charge in [0, 0.05) is 16.7 Å². The summed E-state index contributed by atoms with van der Waals surface area (Å²) >= 11 is 3.03. The second kappa shape index (κ2) is 5.06. The van der Waals surface area contributed by atoms with Crippen LogP contribution in [0.5, 0.6) is 0 Å². The summed E-state index contributed by atoms with van der Waals surface area (Å²) in [5.74, 6) is 4.31. The standard InChI is InChI=1S/C8H9BrN4O4/c1-4(7(14)11-10)12-3-5(9)2-6(8(12)15)13(16)17/h2-4H,10H2,1H3,(H,11,14). The molecule has 0 aliphatic rings. The predicted molar refractivity (Wildman–Crippen MR) is 62.1 cm³/mol. The molecule has 92 valence electrons. The van der Waals surface area contributed by atoms with Crippen molar-refractivity contribution in [1.29, 1.82) is 0 Å². The number of amides is 1. The van der Waals surface area contributed by atoms with Crippen LogP contribution in [0.25, 0.3) is 0 Å². The van der Waals surface area contributed by atoms with Crippen molar-refractivity contribution in [3.63, 3.8) is 0 Å². The van der Waals surface area contributed by atoms with Crippen LogP contribution in [0, 0.1) is 10.1 Å². The molecule has 9 heteroatoms. The zero-order chi connectivity index (χ0) is 13.2. The van der Waals surface area contributed by atoms with E-state index in [1.54, 1.807) is 0 Å². The van der Waals surface area contributed by atoms with Crippen LogP contribution in [-0.4, -0.2) is 15.4 Å². The molecule has 1 heterocycles. The average Bonchev–Trinajstić information content (AvgIpc) is 2.29. The number of pyridine rings is 1. The van der Waals surface area contributed by atoms with E-state index in [1.807, 2.05) is 5.43 Å². The third kappa shape index (κ3) is 2.68. The van der Waals surface area contributed by atoms with E-state index < -0.39 is 28.1 Å². The Morgan fingerprint density at radius 1 is 1.71 bits per heavy atom. The van der Waals surface area contributed by atoms with Gasteiger partial charge in [-0.05, 0) is 22.9 Å². The lowest BCUT2D eigenvalue weighted by Gasteiger charge is -2.13. The van der Waals surface area contributed by atoms with Gasteiger partial charge in [-0.1, -0.05) is 0 Å². The minimum Gasteiger partial charge on any atom is -0.296 e. The quantitative estimate of drug-likeness (QED) is 0.354. The summed E-state index contributed by atoms with van der Waals surface area (Å²) in [7, 11) is 0. The first kappa shape index (κ1) is 13.3. The van der Waals surface area contributed by atoms with Gasteiger partial charge in [-0.2, -0.15) is 0 Å². The Morgan fingerprint density at radius 3 is 2.76 bits per heavy atom. The fourth-order valence-electron chi connectivity index (χ4n) is 1.22. The number of nitro groups is 1. The molecule has 0 fully saturated rings. The molecule has 0 radical (unpaired) electrons. The van der Waals surface area contributed by atoms with Crippen molar-refractivity contribution in [2.45, 2.75) is 13.0 Å². The number of rotatable bonds is 3. The fourth-order valence-corrected chi connectivity index (χ4v) is 1.66. The van der Waals surface area contributed by atoms with Crippen molar-refractivity contribution >= 4 is 27.5 Å². The number of aromatic nitrogens is 1. The Hall–Kier alpha value is -1.74. The van der Waals surface area contributed by atoms with Gasteiger partial charge in [-0.3, -0.25) is 29.7 Å². The van der Waals surface area contributed by atoms with Gasteiger partial charge in [0.1, 0.15) is 6.04 Å². The van der Waals surface area contributed by atoms with Gasteiger partial charge in [0.25, 0.3) is 5.91 Å². The highest BCUT2D eigenvalue weighted by atomic mass is 79.9. The number of hydrazine groups is 1. The number of nitrogens with one attached hydrogen (secondary N) is 1. The summed E-state index contributed by atoms with van der Waals surface area (Å²) in [5.41, 5.74) is 0.394. The lowest BCUT2D eigenvalue weighted by molar-refractivity contribution is -0.386. The Kier molecular flexibility index (Phi) is 3.97. The van der Waals surface area contributed by atoms with Gasteiger partial charge >= 0.3 is 11.2 Å². The van der Waals surface area contributed by atoms with E-state index in [0.29, 0.717) is 4.47 Å². The van der Waals surface area contributed by atoms with Gasteiger partial charge in [-0.25, -0.2) is 5.84 Å². The molecule has 0 saturated heterocycles. The van der Waals surface area contributed by atoms with Crippen LogP contribution in [0.3, 0.4) is 0 Å². The van der Waals surface area contributed by atoms with Crippen molar-refractivity contribution in [1.82, 2.24) is 9.99 Å². The third-order valence-electron chi connectivity index (χ3n) is 2.13. The third-order valence-corrected chi connectivity index (χ3v) is 2.56. The van der Waals surface area contributed by atoms with E-state index in [2.05, 4.69) is 15.9 Å². The lowest BCUT2D eigenvalue weighted by atomic mass is 10.3. The maximum absolute atomic E-state index is 11.7. The number of halogens is 1. The number of nitrogens with two attached hydrogens (primary N) is 1. The molecule has 1 aromatic rings. The summed E-state index contributed by atoms with van der Waals surface area (Å²) in [6.07, 6.45) is 1.29. The SMILES string of the molecule is CC(C(=O)NN)n1cc(Br)cc([N+](=O)[O-])c1=O. The van der Waals surface area contributed by atoms with Crippen LogP contribution in [0.15, 0.2) is 21.5 Å². The largest absolute Gasteiger partial charge is 0.335 e. The Morgan fingerprint density at radius 2 is 2.29 bits per heavy atom. The number of carbonyl (C=O) groups is 1. The van der Waals surface area contributed by atoms with E-state index in [4.69, 9.17) is 5.84 Å². The zero-order valence-electron chi connectivity index (χ0n) is 8.71. The van der Waals surface area contributed by atoms with Crippen molar-refractivity contribution in [2.24, 2.45) is 5.84 Å². The minimum absolute atomic E-state index is 0.320. The summed E-state index contributed by atoms with van der Waals surface area (Å²) in [6.45, 7) is 1.40. The maximum Gasteiger partial charge on any atom is 0.335 e. The van der Waals surface area contributed by atoms with E-state index in [1.165, 1.54) is 13.1 Å². The number of nitrogens with zero attached hydrogens (tertiary/aromatic N) is 2. The van der Waals surface area contributed by atoms with Crippen molar-refractivity contribution in [3.05, 3.63) is 37.2 Å². The van der Waals surface area contributed by atoms with Crippen molar-refractivity contribution in [3.8, 4) is 0 Å². The second-order valence-electron chi connectivity index (χ2n) is 3.20. The topological polar surface area (TPSA) is 120 Å². The Balaban J connectivity index is 3.40. The number of carbonyl (C=O) groups excluding carboxylic acids is 1. The second-order valence-corrected chi connectivity index (χ2v) is 4.11. The van der Waals surface area contributed by atoms with Gasteiger partial charge in [-0.15, -0.1) is 0 Å². The Bertz CT molecular complexity index is 527. The fraction of sp³-hybridized carbons (Fsp3) is 0.250. The van der Waals surface area contributed by atoms with Crippen LogP contribution < -0.4 is 16.8 Å². The van der Waals surface area contributed by atoms with Crippen molar-refractivity contribution in [2.75, 3.05) is 0 Å². The molecule has 1 unspecified atom stereocenters. The molecule has 0 saturated carbocycles. The van der Waals surface area contributed by atoms with Gasteiger partial charge in [0.2, 0.25) is 0 Å². The van der Waals surface area contributed by atoms with E-state index in [0.717, 1.165) is 10.6 Å². The highest BCUT2D eigenvalue weighted by molar-refractivity contribution is 9.10.